The Kier molecular flexibility index (Phi) is 8.25. The highest BCUT2D eigenvalue weighted by Gasteiger charge is 2.44. The van der Waals surface area contributed by atoms with Crippen molar-refractivity contribution in [3.05, 3.63) is 48.0 Å². The molecule has 204 valence electrons. The summed E-state index contributed by atoms with van der Waals surface area (Å²) in [5.41, 5.74) is 0.708. The van der Waals surface area contributed by atoms with Crippen LogP contribution in [0.1, 0.15) is 63.5 Å². The Morgan fingerprint density at radius 2 is 1.74 bits per heavy atom. The van der Waals surface area contributed by atoms with Crippen molar-refractivity contribution in [3.8, 4) is 23.0 Å². The second-order valence-corrected chi connectivity index (χ2v) is 10.3. The number of nitrogens with zero attached hydrogens (tertiary/aromatic N) is 2. The van der Waals surface area contributed by atoms with Crippen LogP contribution in [0.5, 0.6) is 23.0 Å². The first kappa shape index (κ1) is 26.2. The van der Waals surface area contributed by atoms with Gasteiger partial charge in [-0.3, -0.25) is 9.59 Å². The fourth-order valence-corrected chi connectivity index (χ4v) is 5.72. The number of fused-ring (bicyclic) bond motifs is 1. The summed E-state index contributed by atoms with van der Waals surface area (Å²) in [5.74, 6) is 2.39. The second kappa shape index (κ2) is 12.0. The maximum Gasteiger partial charge on any atom is 0.250 e. The van der Waals surface area contributed by atoms with Gasteiger partial charge in [-0.15, -0.1) is 0 Å². The third-order valence-electron chi connectivity index (χ3n) is 7.65. The minimum Gasteiger partial charge on any atom is -0.493 e. The van der Waals surface area contributed by atoms with Gasteiger partial charge < -0.3 is 28.7 Å². The predicted octanol–water partition coefficient (Wildman–Crippen LogP) is 4.76. The lowest BCUT2D eigenvalue weighted by Gasteiger charge is -2.44. The Labute approximate surface area is 224 Å². The number of amides is 2. The van der Waals surface area contributed by atoms with Gasteiger partial charge in [0.05, 0.1) is 20.3 Å². The van der Waals surface area contributed by atoms with Gasteiger partial charge >= 0.3 is 0 Å². The molecule has 0 bridgehead atoms. The fourth-order valence-electron chi connectivity index (χ4n) is 5.72. The van der Waals surface area contributed by atoms with E-state index in [0.717, 1.165) is 32.1 Å². The summed E-state index contributed by atoms with van der Waals surface area (Å²) in [6, 6.07) is 12.4. The number of benzene rings is 2. The van der Waals surface area contributed by atoms with Crippen LogP contribution in [0.3, 0.4) is 0 Å². The van der Waals surface area contributed by atoms with E-state index >= 15 is 0 Å². The molecule has 1 saturated heterocycles. The Morgan fingerprint density at radius 1 is 0.974 bits per heavy atom. The van der Waals surface area contributed by atoms with Crippen molar-refractivity contribution < 1.29 is 28.5 Å². The van der Waals surface area contributed by atoms with Crippen LogP contribution in [0.25, 0.3) is 0 Å². The summed E-state index contributed by atoms with van der Waals surface area (Å²) >= 11 is 0. The van der Waals surface area contributed by atoms with Gasteiger partial charge in [-0.1, -0.05) is 50.8 Å². The van der Waals surface area contributed by atoms with Gasteiger partial charge in [-0.25, -0.2) is 0 Å². The lowest BCUT2D eigenvalue weighted by atomic mass is 9.96. The number of hydrogen-bond acceptors (Lipinski definition) is 6. The van der Waals surface area contributed by atoms with E-state index < -0.39 is 6.04 Å². The van der Waals surface area contributed by atoms with Crippen molar-refractivity contribution >= 4 is 11.8 Å². The standard InChI is InChI=1S/C30H38N2O6/c1-3-16-36-25-15-14-21(17-27(25)35-2)29-30(34)31(22-10-6-4-5-7-11-22)19-28(33)32(29)18-23-20-37-24-12-8-9-13-26(24)38-23/h8-9,12-15,17,22-23,29H,3-7,10-11,16,18-20H2,1-2H3/t23-,29-/m1/s1. The highest BCUT2D eigenvalue weighted by atomic mass is 16.6. The molecule has 5 rings (SSSR count). The van der Waals surface area contributed by atoms with Crippen molar-refractivity contribution in [3.63, 3.8) is 0 Å². The summed E-state index contributed by atoms with van der Waals surface area (Å²) in [4.78, 5) is 31.4. The molecular weight excluding hydrogens is 484 g/mol. The molecule has 0 N–H and O–H groups in total. The number of para-hydroxylation sites is 2. The van der Waals surface area contributed by atoms with Crippen molar-refractivity contribution in [2.75, 3.05) is 33.4 Å². The number of ether oxygens (including phenoxy) is 4. The Balaban J connectivity index is 1.45. The molecular formula is C30H38N2O6. The molecule has 2 aliphatic heterocycles. The normalized spacial score (nSPS) is 22.3. The molecule has 2 aromatic carbocycles. The zero-order valence-electron chi connectivity index (χ0n) is 22.4. The van der Waals surface area contributed by atoms with Gasteiger partial charge in [0.15, 0.2) is 29.1 Å². The van der Waals surface area contributed by atoms with Gasteiger partial charge in [0.1, 0.15) is 19.2 Å². The van der Waals surface area contributed by atoms with E-state index in [4.69, 9.17) is 18.9 Å². The van der Waals surface area contributed by atoms with Crippen LogP contribution < -0.4 is 18.9 Å². The SMILES string of the molecule is CCCOc1ccc([C@@H]2C(=O)N(C3CCCCCC3)CC(=O)N2C[C@@H]2COc3ccccc3O2)cc1OC. The molecule has 0 spiro atoms. The van der Waals surface area contributed by atoms with Crippen LogP contribution in [0.4, 0.5) is 0 Å². The average molecular weight is 523 g/mol. The van der Waals surface area contributed by atoms with Gasteiger partial charge in [0.2, 0.25) is 5.91 Å². The average Bonchev–Trinajstić information content (AvgIpc) is 3.23. The topological polar surface area (TPSA) is 77.5 Å². The minimum atomic E-state index is -0.769. The van der Waals surface area contributed by atoms with Crippen LogP contribution in [-0.2, 0) is 9.59 Å². The van der Waals surface area contributed by atoms with E-state index in [2.05, 4.69) is 0 Å². The molecule has 38 heavy (non-hydrogen) atoms. The maximum absolute atomic E-state index is 14.2. The number of methoxy groups -OCH3 is 1. The molecule has 0 aromatic heterocycles. The van der Waals surface area contributed by atoms with Crippen LogP contribution >= 0.6 is 0 Å². The summed E-state index contributed by atoms with van der Waals surface area (Å²) in [6.45, 7) is 3.26. The summed E-state index contributed by atoms with van der Waals surface area (Å²) in [7, 11) is 1.59. The van der Waals surface area contributed by atoms with Crippen molar-refractivity contribution in [2.45, 2.75) is 70.1 Å². The third-order valence-corrected chi connectivity index (χ3v) is 7.65. The molecule has 1 saturated carbocycles. The summed E-state index contributed by atoms with van der Waals surface area (Å²) < 4.78 is 23.6. The summed E-state index contributed by atoms with van der Waals surface area (Å²) in [5, 5.41) is 0. The molecule has 2 atom stereocenters. The smallest absolute Gasteiger partial charge is 0.250 e. The van der Waals surface area contributed by atoms with Crippen LogP contribution in [0.2, 0.25) is 0 Å². The second-order valence-electron chi connectivity index (χ2n) is 10.3. The first-order valence-electron chi connectivity index (χ1n) is 13.9. The van der Waals surface area contributed by atoms with Gasteiger partial charge in [0, 0.05) is 6.04 Å². The molecule has 2 fully saturated rings. The largest absolute Gasteiger partial charge is 0.493 e. The highest BCUT2D eigenvalue weighted by molar-refractivity contribution is 5.96. The van der Waals surface area contributed by atoms with E-state index in [1.54, 1.807) is 12.0 Å². The van der Waals surface area contributed by atoms with Gasteiger partial charge in [-0.2, -0.15) is 0 Å². The highest BCUT2D eigenvalue weighted by Crippen LogP contribution is 2.38. The molecule has 0 radical (unpaired) electrons. The Bertz CT molecular complexity index is 1130. The van der Waals surface area contributed by atoms with Gasteiger partial charge in [-0.05, 0) is 49.1 Å². The lowest BCUT2D eigenvalue weighted by Crippen LogP contribution is -2.60. The van der Waals surface area contributed by atoms with Gasteiger partial charge in [0.25, 0.3) is 5.91 Å². The van der Waals surface area contributed by atoms with E-state index in [0.29, 0.717) is 41.8 Å². The van der Waals surface area contributed by atoms with Crippen molar-refractivity contribution in [2.24, 2.45) is 0 Å². The number of hydrogen-bond donors (Lipinski definition) is 0. The molecule has 8 nitrogen and oxygen atoms in total. The summed E-state index contributed by atoms with van der Waals surface area (Å²) in [6.07, 6.45) is 6.89. The van der Waals surface area contributed by atoms with E-state index in [1.165, 1.54) is 12.8 Å². The van der Waals surface area contributed by atoms with E-state index in [9.17, 15) is 9.59 Å². The molecule has 2 heterocycles. The van der Waals surface area contributed by atoms with Crippen molar-refractivity contribution in [1.29, 1.82) is 0 Å². The quantitative estimate of drug-likeness (QED) is 0.466. The molecule has 8 heteroatoms. The fraction of sp³-hybridized carbons (Fsp3) is 0.533. The third kappa shape index (κ3) is 5.54. The first-order valence-corrected chi connectivity index (χ1v) is 13.9. The van der Waals surface area contributed by atoms with Crippen LogP contribution in [-0.4, -0.2) is 67.2 Å². The monoisotopic (exact) mass is 522 g/mol. The minimum absolute atomic E-state index is 0.0436. The molecule has 3 aliphatic rings. The Hall–Kier alpha value is -3.42. The van der Waals surface area contributed by atoms with E-state index in [-0.39, 0.29) is 37.0 Å². The molecule has 1 aliphatic carbocycles. The number of carbonyl (C=O) groups excluding carboxylic acids is 2. The van der Waals surface area contributed by atoms with E-state index in [1.807, 2.05) is 54.3 Å². The Morgan fingerprint density at radius 3 is 2.47 bits per heavy atom. The maximum atomic E-state index is 14.2. The van der Waals surface area contributed by atoms with Crippen LogP contribution in [0, 0.1) is 0 Å². The van der Waals surface area contributed by atoms with Crippen molar-refractivity contribution in [1.82, 2.24) is 9.80 Å². The number of carbonyl (C=O) groups is 2. The molecule has 2 aromatic rings. The molecule has 0 unspecified atom stereocenters. The zero-order valence-corrected chi connectivity index (χ0v) is 22.4. The number of piperazine rings is 1. The first-order chi connectivity index (χ1) is 18.6. The lowest BCUT2D eigenvalue weighted by molar-refractivity contribution is -0.160. The zero-order chi connectivity index (χ0) is 26.5. The van der Waals surface area contributed by atoms with Crippen LogP contribution in [0.15, 0.2) is 42.5 Å². The predicted molar refractivity (Wildman–Crippen MR) is 143 cm³/mol. The molecule has 2 amide bonds. The number of rotatable bonds is 8.